The first-order valence-electron chi connectivity index (χ1n) is 4.90. The number of carboxylic acids is 1. The van der Waals surface area contributed by atoms with Crippen molar-refractivity contribution in [1.82, 2.24) is 0 Å². The average molecular weight is 234 g/mol. The van der Waals surface area contributed by atoms with Crippen molar-refractivity contribution in [2.75, 3.05) is 0 Å². The van der Waals surface area contributed by atoms with Gasteiger partial charge in [-0.1, -0.05) is 18.2 Å². The molecule has 0 amide bonds. The van der Waals surface area contributed by atoms with Gasteiger partial charge < -0.3 is 5.11 Å². The van der Waals surface area contributed by atoms with Gasteiger partial charge in [-0.25, -0.2) is 0 Å². The van der Waals surface area contributed by atoms with E-state index in [9.17, 15) is 9.59 Å². The smallest absolute Gasteiger partial charge is 0.303 e. The summed E-state index contributed by atoms with van der Waals surface area (Å²) in [6, 6.07) is 9.56. The van der Waals surface area contributed by atoms with E-state index in [0.29, 0.717) is 4.88 Å². The Morgan fingerprint density at radius 1 is 1.19 bits per heavy atom. The molecule has 0 fully saturated rings. The highest BCUT2D eigenvalue weighted by Crippen LogP contribution is 2.26. The molecule has 0 saturated carbocycles. The summed E-state index contributed by atoms with van der Waals surface area (Å²) in [4.78, 5) is 22.7. The highest BCUT2D eigenvalue weighted by Gasteiger charge is 2.11. The fraction of sp³-hybridized carbons (Fsp3) is 0.167. The highest BCUT2D eigenvalue weighted by molar-refractivity contribution is 7.20. The van der Waals surface area contributed by atoms with Crippen molar-refractivity contribution >= 4 is 33.2 Å². The lowest BCUT2D eigenvalue weighted by atomic mass is 10.2. The van der Waals surface area contributed by atoms with Crippen LogP contribution in [0.2, 0.25) is 0 Å². The molecule has 0 unspecified atom stereocenters. The first kappa shape index (κ1) is 10.8. The summed E-state index contributed by atoms with van der Waals surface area (Å²) >= 11 is 1.41. The first-order chi connectivity index (χ1) is 7.66. The average Bonchev–Trinajstić information content (AvgIpc) is 2.69. The third-order valence-electron chi connectivity index (χ3n) is 2.27. The highest BCUT2D eigenvalue weighted by atomic mass is 32.1. The number of rotatable bonds is 4. The van der Waals surface area contributed by atoms with Gasteiger partial charge in [0, 0.05) is 11.1 Å². The van der Waals surface area contributed by atoms with Gasteiger partial charge >= 0.3 is 5.97 Å². The van der Waals surface area contributed by atoms with Gasteiger partial charge in [0.05, 0.1) is 11.3 Å². The molecular weight excluding hydrogens is 224 g/mol. The van der Waals surface area contributed by atoms with Crippen LogP contribution in [0.25, 0.3) is 10.1 Å². The number of hydrogen-bond acceptors (Lipinski definition) is 3. The van der Waals surface area contributed by atoms with Crippen LogP contribution >= 0.6 is 11.3 Å². The van der Waals surface area contributed by atoms with E-state index < -0.39 is 5.97 Å². The maximum atomic E-state index is 11.7. The number of thiophene rings is 1. The summed E-state index contributed by atoms with van der Waals surface area (Å²) in [5, 5.41) is 9.53. The number of fused-ring (bicyclic) bond motifs is 1. The van der Waals surface area contributed by atoms with Gasteiger partial charge in [0.15, 0.2) is 5.78 Å². The molecule has 1 heterocycles. The molecule has 2 aromatic rings. The summed E-state index contributed by atoms with van der Waals surface area (Å²) in [6.45, 7) is 0. The summed E-state index contributed by atoms with van der Waals surface area (Å²) in [6.07, 6.45) is -0.0325. The summed E-state index contributed by atoms with van der Waals surface area (Å²) < 4.78 is 1.06. The molecule has 0 bridgehead atoms. The Hall–Kier alpha value is -1.68. The molecule has 16 heavy (non-hydrogen) atoms. The Morgan fingerprint density at radius 2 is 1.94 bits per heavy atom. The second-order valence-electron chi connectivity index (χ2n) is 3.47. The van der Waals surface area contributed by atoms with E-state index in [1.165, 1.54) is 11.3 Å². The summed E-state index contributed by atoms with van der Waals surface area (Å²) in [5.41, 5.74) is 0. The topological polar surface area (TPSA) is 54.4 Å². The van der Waals surface area contributed by atoms with Crippen LogP contribution in [-0.4, -0.2) is 16.9 Å². The van der Waals surface area contributed by atoms with Crippen LogP contribution in [0.15, 0.2) is 30.3 Å². The van der Waals surface area contributed by atoms with E-state index in [-0.39, 0.29) is 18.6 Å². The van der Waals surface area contributed by atoms with Crippen LogP contribution in [-0.2, 0) is 4.79 Å². The second-order valence-corrected chi connectivity index (χ2v) is 4.55. The standard InChI is InChI=1S/C12H10O3S/c13-9(5-6-12(14)15)11-7-8-3-1-2-4-10(8)16-11/h1-4,7H,5-6H2,(H,14,15). The van der Waals surface area contributed by atoms with Crippen LogP contribution in [0.1, 0.15) is 22.5 Å². The fourth-order valence-electron chi connectivity index (χ4n) is 1.46. The fourth-order valence-corrected chi connectivity index (χ4v) is 2.49. The molecule has 0 saturated heterocycles. The minimum atomic E-state index is -0.936. The number of carbonyl (C=O) groups excluding carboxylic acids is 1. The van der Waals surface area contributed by atoms with Crippen molar-refractivity contribution in [3.05, 3.63) is 35.2 Å². The number of ketones is 1. The van der Waals surface area contributed by atoms with Crippen molar-refractivity contribution in [2.45, 2.75) is 12.8 Å². The molecule has 82 valence electrons. The number of carbonyl (C=O) groups is 2. The molecule has 0 aliphatic heterocycles. The van der Waals surface area contributed by atoms with Crippen molar-refractivity contribution in [3.63, 3.8) is 0 Å². The van der Waals surface area contributed by atoms with E-state index >= 15 is 0 Å². The summed E-state index contributed by atoms with van der Waals surface area (Å²) in [5.74, 6) is -1.03. The SMILES string of the molecule is O=C(O)CCC(=O)c1cc2ccccc2s1. The van der Waals surface area contributed by atoms with Gasteiger partial charge in [-0.2, -0.15) is 0 Å². The van der Waals surface area contributed by atoms with Gasteiger partial charge in [0.1, 0.15) is 0 Å². The van der Waals surface area contributed by atoms with Crippen molar-refractivity contribution in [2.24, 2.45) is 0 Å². The molecule has 1 aromatic carbocycles. The number of benzene rings is 1. The largest absolute Gasteiger partial charge is 0.481 e. The van der Waals surface area contributed by atoms with Crippen LogP contribution in [0.5, 0.6) is 0 Å². The minimum absolute atomic E-state index is 0.0716. The Labute approximate surface area is 96.3 Å². The predicted octanol–water partition coefficient (Wildman–Crippen LogP) is 2.95. The van der Waals surface area contributed by atoms with Crippen LogP contribution in [0, 0.1) is 0 Å². The van der Waals surface area contributed by atoms with Crippen LogP contribution in [0.4, 0.5) is 0 Å². The van der Waals surface area contributed by atoms with E-state index in [0.717, 1.165) is 10.1 Å². The van der Waals surface area contributed by atoms with Gasteiger partial charge in [-0.05, 0) is 17.5 Å². The Balaban J connectivity index is 2.20. The van der Waals surface area contributed by atoms with Gasteiger partial charge in [0.25, 0.3) is 0 Å². The van der Waals surface area contributed by atoms with E-state index in [4.69, 9.17) is 5.11 Å². The first-order valence-corrected chi connectivity index (χ1v) is 5.72. The van der Waals surface area contributed by atoms with E-state index in [1.807, 2.05) is 30.3 Å². The lowest BCUT2D eigenvalue weighted by Crippen LogP contribution is -2.01. The molecule has 0 aliphatic rings. The normalized spacial score (nSPS) is 10.5. The minimum Gasteiger partial charge on any atom is -0.481 e. The molecule has 0 aliphatic carbocycles. The monoisotopic (exact) mass is 234 g/mol. The molecule has 3 nitrogen and oxygen atoms in total. The summed E-state index contributed by atoms with van der Waals surface area (Å²) in [7, 11) is 0. The maximum Gasteiger partial charge on any atom is 0.303 e. The second kappa shape index (κ2) is 4.45. The van der Waals surface area contributed by atoms with Crippen molar-refractivity contribution in [3.8, 4) is 0 Å². The zero-order valence-electron chi connectivity index (χ0n) is 8.47. The number of carboxylic acid groups (broad SMARTS) is 1. The number of aliphatic carboxylic acids is 1. The molecule has 1 aromatic heterocycles. The lowest BCUT2D eigenvalue weighted by Gasteiger charge is -1.92. The van der Waals surface area contributed by atoms with Gasteiger partial charge in [0.2, 0.25) is 0 Å². The maximum absolute atomic E-state index is 11.7. The predicted molar refractivity (Wildman–Crippen MR) is 63.0 cm³/mol. The van der Waals surface area contributed by atoms with Gasteiger partial charge in [-0.3, -0.25) is 9.59 Å². The number of Topliss-reactive ketones (excluding diaryl/α,β-unsaturated/α-hetero) is 1. The van der Waals surface area contributed by atoms with Crippen LogP contribution < -0.4 is 0 Å². The molecule has 0 atom stereocenters. The molecule has 4 heteroatoms. The zero-order chi connectivity index (χ0) is 11.5. The van der Waals surface area contributed by atoms with E-state index in [2.05, 4.69) is 0 Å². The lowest BCUT2D eigenvalue weighted by molar-refractivity contribution is -0.136. The molecular formula is C12H10O3S. The van der Waals surface area contributed by atoms with Crippen LogP contribution in [0.3, 0.4) is 0 Å². The van der Waals surface area contributed by atoms with Crippen molar-refractivity contribution < 1.29 is 14.7 Å². The van der Waals surface area contributed by atoms with Gasteiger partial charge in [-0.15, -0.1) is 11.3 Å². The molecule has 0 spiro atoms. The quantitative estimate of drug-likeness (QED) is 0.827. The van der Waals surface area contributed by atoms with E-state index in [1.54, 1.807) is 0 Å². The third-order valence-corrected chi connectivity index (χ3v) is 3.42. The number of hydrogen-bond donors (Lipinski definition) is 1. The molecule has 0 radical (unpaired) electrons. The van der Waals surface area contributed by atoms with Crippen molar-refractivity contribution in [1.29, 1.82) is 0 Å². The third kappa shape index (κ3) is 2.28. The zero-order valence-corrected chi connectivity index (χ0v) is 9.29. The Bertz CT molecular complexity index is 509. The Kier molecular flexibility index (Phi) is 3.01. The molecule has 1 N–H and O–H groups in total. The Morgan fingerprint density at radius 3 is 2.62 bits per heavy atom. The molecule has 2 rings (SSSR count).